The van der Waals surface area contributed by atoms with E-state index >= 15 is 0 Å². The molecule has 1 N–H and O–H groups in total. The lowest BCUT2D eigenvalue weighted by Crippen LogP contribution is -2.59. The van der Waals surface area contributed by atoms with Crippen LogP contribution in [0.4, 0.5) is 4.79 Å². The molecule has 8 heteroatoms. The molecule has 8 nitrogen and oxygen atoms in total. The molecule has 4 atom stereocenters. The first-order chi connectivity index (χ1) is 18.5. The first-order valence-electron chi connectivity index (χ1n) is 13.5. The quantitative estimate of drug-likeness (QED) is 0.398. The number of aliphatic hydroxyl groups excluding tert-OH is 1. The van der Waals surface area contributed by atoms with E-state index < -0.39 is 47.6 Å². The zero-order valence-corrected chi connectivity index (χ0v) is 23.6. The van der Waals surface area contributed by atoms with Gasteiger partial charge < -0.3 is 19.3 Å². The van der Waals surface area contributed by atoms with Crippen molar-refractivity contribution < 1.29 is 33.7 Å². The maximum absolute atomic E-state index is 13.9. The fourth-order valence-corrected chi connectivity index (χ4v) is 4.89. The molecule has 1 saturated heterocycles. The topological polar surface area (TPSA) is 102 Å². The number of likely N-dealkylation sites (tertiary alicyclic amines) is 1. The molecule has 0 aromatic heterocycles. The van der Waals surface area contributed by atoms with Crippen LogP contribution in [0.1, 0.15) is 65.0 Å². The summed E-state index contributed by atoms with van der Waals surface area (Å²) in [5.41, 5.74) is -0.507. The maximum Gasteiger partial charge on any atom is 0.411 e. The standard InChI is InChI=1S/C31H41NO7/c1-22-16-17-31(21-33,32(22)29(36)39-30(3,4)5)27(34)18-26(23(2)37-19-24-12-8-6-9-13-24)28(35)38-20-25-14-10-7-11-15-25/h6-15,22-23,26,33H,16-21H2,1-5H3/t22?,23-,26+,31?/m1/s1. The van der Waals surface area contributed by atoms with Gasteiger partial charge in [-0.2, -0.15) is 0 Å². The van der Waals surface area contributed by atoms with Crippen LogP contribution in [-0.2, 0) is 37.0 Å². The van der Waals surface area contributed by atoms with Gasteiger partial charge in [-0.15, -0.1) is 0 Å². The van der Waals surface area contributed by atoms with Crippen molar-refractivity contribution in [2.24, 2.45) is 5.92 Å². The number of amides is 1. The first kappa shape index (κ1) is 30.3. The first-order valence-corrected chi connectivity index (χ1v) is 13.5. The van der Waals surface area contributed by atoms with Crippen molar-refractivity contribution in [3.05, 3.63) is 71.8 Å². The van der Waals surface area contributed by atoms with E-state index in [2.05, 4.69) is 0 Å². The Kier molecular flexibility index (Phi) is 10.3. The van der Waals surface area contributed by atoms with Crippen molar-refractivity contribution in [1.82, 2.24) is 4.90 Å². The second kappa shape index (κ2) is 13.2. The largest absolute Gasteiger partial charge is 0.461 e. The number of rotatable bonds is 11. The van der Waals surface area contributed by atoms with Gasteiger partial charge in [0, 0.05) is 12.5 Å². The maximum atomic E-state index is 13.9. The number of carbonyl (C=O) groups is 3. The summed E-state index contributed by atoms with van der Waals surface area (Å²) < 4.78 is 17.2. The summed E-state index contributed by atoms with van der Waals surface area (Å²) in [7, 11) is 0. The van der Waals surface area contributed by atoms with Gasteiger partial charge >= 0.3 is 12.1 Å². The number of hydrogen-bond donors (Lipinski definition) is 1. The van der Waals surface area contributed by atoms with Crippen molar-refractivity contribution in [3.63, 3.8) is 0 Å². The normalized spacial score (nSPS) is 20.8. The van der Waals surface area contributed by atoms with Gasteiger partial charge in [0.1, 0.15) is 17.7 Å². The molecule has 0 saturated carbocycles. The number of benzene rings is 2. The van der Waals surface area contributed by atoms with E-state index in [-0.39, 0.29) is 32.1 Å². The summed E-state index contributed by atoms with van der Waals surface area (Å²) in [4.78, 5) is 41.8. The third-order valence-electron chi connectivity index (χ3n) is 7.10. The summed E-state index contributed by atoms with van der Waals surface area (Å²) in [6, 6.07) is 18.5. The molecule has 0 bridgehead atoms. The van der Waals surface area contributed by atoms with Crippen LogP contribution < -0.4 is 0 Å². The van der Waals surface area contributed by atoms with Crippen LogP contribution in [-0.4, -0.2) is 57.7 Å². The van der Waals surface area contributed by atoms with Gasteiger partial charge in [0.2, 0.25) is 0 Å². The zero-order chi connectivity index (χ0) is 28.6. The zero-order valence-electron chi connectivity index (χ0n) is 23.6. The van der Waals surface area contributed by atoms with Crippen LogP contribution in [0.25, 0.3) is 0 Å². The van der Waals surface area contributed by atoms with Crippen molar-refractivity contribution in [2.75, 3.05) is 6.61 Å². The van der Waals surface area contributed by atoms with E-state index in [9.17, 15) is 19.5 Å². The Bertz CT molecular complexity index is 1100. The van der Waals surface area contributed by atoms with Crippen LogP contribution in [0.15, 0.2) is 60.7 Å². The van der Waals surface area contributed by atoms with Gasteiger partial charge in [0.25, 0.3) is 0 Å². The van der Waals surface area contributed by atoms with E-state index in [4.69, 9.17) is 14.2 Å². The number of carbonyl (C=O) groups excluding carboxylic acids is 3. The number of Topliss-reactive ketones (excluding diaryl/α,β-unsaturated/α-hetero) is 1. The van der Waals surface area contributed by atoms with Gasteiger partial charge in [-0.05, 0) is 58.6 Å². The smallest absolute Gasteiger partial charge is 0.411 e. The third-order valence-corrected chi connectivity index (χ3v) is 7.10. The SMILES string of the molecule is CC1CCC(CO)(C(=O)C[C@H](C(=O)OCc2ccccc2)[C@@H](C)OCc2ccccc2)N1C(=O)OC(C)(C)C. The predicted molar refractivity (Wildman–Crippen MR) is 147 cm³/mol. The number of aliphatic hydroxyl groups is 1. The van der Waals surface area contributed by atoms with Crippen LogP contribution in [0.2, 0.25) is 0 Å². The van der Waals surface area contributed by atoms with Gasteiger partial charge in [-0.1, -0.05) is 60.7 Å². The molecule has 1 fully saturated rings. The molecular weight excluding hydrogens is 498 g/mol. The molecule has 2 aromatic carbocycles. The van der Waals surface area contributed by atoms with Crippen LogP contribution in [0.5, 0.6) is 0 Å². The minimum absolute atomic E-state index is 0.0575. The van der Waals surface area contributed by atoms with Gasteiger partial charge in [-0.25, -0.2) is 4.79 Å². The highest BCUT2D eigenvalue weighted by molar-refractivity contribution is 5.95. The summed E-state index contributed by atoms with van der Waals surface area (Å²) >= 11 is 0. The van der Waals surface area contributed by atoms with E-state index in [0.29, 0.717) is 6.42 Å². The molecule has 1 amide bonds. The lowest BCUT2D eigenvalue weighted by atomic mass is 9.84. The van der Waals surface area contributed by atoms with Gasteiger partial charge in [0.15, 0.2) is 5.78 Å². The Hall–Kier alpha value is -3.23. The summed E-state index contributed by atoms with van der Waals surface area (Å²) in [5.74, 6) is -1.93. The Morgan fingerprint density at radius 2 is 1.56 bits per heavy atom. The van der Waals surface area contributed by atoms with Gasteiger partial charge in [0.05, 0.1) is 25.2 Å². The molecule has 0 spiro atoms. The number of ether oxygens (including phenoxy) is 3. The van der Waals surface area contributed by atoms with Crippen LogP contribution >= 0.6 is 0 Å². The Balaban J connectivity index is 1.82. The summed E-state index contributed by atoms with van der Waals surface area (Å²) in [5, 5.41) is 10.5. The molecule has 0 aliphatic carbocycles. The fourth-order valence-electron chi connectivity index (χ4n) is 4.89. The lowest BCUT2D eigenvalue weighted by molar-refractivity contribution is -0.159. The molecule has 1 aliphatic heterocycles. The molecule has 0 radical (unpaired) electrons. The Morgan fingerprint density at radius 3 is 2.10 bits per heavy atom. The number of esters is 1. The lowest BCUT2D eigenvalue weighted by Gasteiger charge is -2.39. The minimum Gasteiger partial charge on any atom is -0.461 e. The average molecular weight is 540 g/mol. The summed E-state index contributed by atoms with van der Waals surface area (Å²) in [6.45, 7) is 8.55. The summed E-state index contributed by atoms with van der Waals surface area (Å²) in [6.07, 6.45) is -0.785. The van der Waals surface area contributed by atoms with Gasteiger partial charge in [-0.3, -0.25) is 14.5 Å². The van der Waals surface area contributed by atoms with Crippen molar-refractivity contribution in [2.45, 2.75) is 90.4 Å². The monoisotopic (exact) mass is 539 g/mol. The van der Waals surface area contributed by atoms with Crippen LogP contribution in [0.3, 0.4) is 0 Å². The second-order valence-electron chi connectivity index (χ2n) is 11.3. The van der Waals surface area contributed by atoms with Crippen molar-refractivity contribution >= 4 is 17.8 Å². The van der Waals surface area contributed by atoms with E-state index in [0.717, 1.165) is 11.1 Å². The molecule has 1 aliphatic rings. The second-order valence-corrected chi connectivity index (χ2v) is 11.3. The fraction of sp³-hybridized carbons (Fsp3) is 0.516. The van der Waals surface area contributed by atoms with Crippen molar-refractivity contribution in [1.29, 1.82) is 0 Å². The molecule has 39 heavy (non-hydrogen) atoms. The van der Waals surface area contributed by atoms with E-state index in [1.807, 2.05) is 67.6 Å². The highest BCUT2D eigenvalue weighted by Gasteiger charge is 2.54. The Morgan fingerprint density at radius 1 is 1.00 bits per heavy atom. The molecule has 1 heterocycles. The highest BCUT2D eigenvalue weighted by Crippen LogP contribution is 2.38. The highest BCUT2D eigenvalue weighted by atomic mass is 16.6. The van der Waals surface area contributed by atoms with E-state index in [1.54, 1.807) is 27.7 Å². The predicted octanol–water partition coefficient (Wildman–Crippen LogP) is 5.06. The molecule has 212 valence electrons. The number of nitrogens with zero attached hydrogens (tertiary/aromatic N) is 1. The molecular formula is C31H41NO7. The Labute approximate surface area is 231 Å². The number of ketones is 1. The van der Waals surface area contributed by atoms with E-state index in [1.165, 1.54) is 4.90 Å². The van der Waals surface area contributed by atoms with Crippen molar-refractivity contribution in [3.8, 4) is 0 Å². The average Bonchev–Trinajstić information content (AvgIpc) is 3.26. The third kappa shape index (κ3) is 7.90. The minimum atomic E-state index is -1.49. The molecule has 2 unspecified atom stereocenters. The number of hydrogen-bond acceptors (Lipinski definition) is 7. The van der Waals surface area contributed by atoms with Crippen LogP contribution in [0, 0.1) is 5.92 Å². The molecule has 3 rings (SSSR count). The molecule has 2 aromatic rings.